The van der Waals surface area contributed by atoms with Gasteiger partial charge in [0.05, 0.1) is 12.3 Å². The van der Waals surface area contributed by atoms with Crippen LogP contribution in [-0.2, 0) is 0 Å². The lowest BCUT2D eigenvalue weighted by Gasteiger charge is -2.11. The van der Waals surface area contributed by atoms with Gasteiger partial charge in [-0.25, -0.2) is 0 Å². The summed E-state index contributed by atoms with van der Waals surface area (Å²) in [5, 5.41) is 13.3. The number of nitrogens with zero attached hydrogens (tertiary/aromatic N) is 2. The molecule has 3 aromatic rings. The molecule has 2 N–H and O–H groups in total. The van der Waals surface area contributed by atoms with Crippen LogP contribution in [0.25, 0.3) is 11.0 Å². The van der Waals surface area contributed by atoms with Gasteiger partial charge >= 0.3 is 0 Å². The van der Waals surface area contributed by atoms with Crippen LogP contribution in [0.15, 0.2) is 41.0 Å². The molecule has 0 bridgehead atoms. The molecule has 6 nitrogen and oxygen atoms in total. The molecule has 1 atom stereocenters. The molecule has 2 aromatic heterocycles. The van der Waals surface area contributed by atoms with Crippen LogP contribution in [0.1, 0.15) is 29.1 Å². The van der Waals surface area contributed by atoms with Gasteiger partial charge in [-0.15, -0.1) is 0 Å². The second-order valence-electron chi connectivity index (χ2n) is 4.24. The van der Waals surface area contributed by atoms with Crippen molar-refractivity contribution < 1.29 is 9.21 Å². The number of carbonyl (C=O) groups excluding carboxylic acids is 1. The molecule has 1 unspecified atom stereocenters. The molecule has 1 amide bonds. The summed E-state index contributed by atoms with van der Waals surface area (Å²) < 4.78 is 5.25. The van der Waals surface area contributed by atoms with Gasteiger partial charge in [0.15, 0.2) is 0 Å². The zero-order chi connectivity index (χ0) is 13.2. The van der Waals surface area contributed by atoms with Gasteiger partial charge in [0.25, 0.3) is 5.91 Å². The molecular formula is C13H12N4O2. The summed E-state index contributed by atoms with van der Waals surface area (Å²) in [4.78, 5) is 12.1. The Labute approximate surface area is 108 Å². The number of nitrogens with one attached hydrogen (secondary N) is 2. The molecule has 19 heavy (non-hydrogen) atoms. The predicted octanol–water partition coefficient (Wildman–Crippen LogP) is 2.04. The molecule has 0 fully saturated rings. The lowest BCUT2D eigenvalue weighted by Crippen LogP contribution is -2.26. The van der Waals surface area contributed by atoms with E-state index in [-0.39, 0.29) is 11.9 Å². The molecule has 0 saturated heterocycles. The number of furan rings is 1. The van der Waals surface area contributed by atoms with Crippen molar-refractivity contribution in [1.29, 1.82) is 0 Å². The number of carbonyl (C=O) groups is 1. The van der Waals surface area contributed by atoms with E-state index in [1.807, 2.05) is 13.0 Å². The second-order valence-corrected chi connectivity index (χ2v) is 4.24. The van der Waals surface area contributed by atoms with Gasteiger partial charge in [0, 0.05) is 5.56 Å². The first kappa shape index (κ1) is 11.5. The average Bonchev–Trinajstić information content (AvgIpc) is 3.09. The molecule has 0 aliphatic rings. The number of hydrogen-bond acceptors (Lipinski definition) is 4. The summed E-state index contributed by atoms with van der Waals surface area (Å²) >= 11 is 0. The Balaban J connectivity index is 1.79. The maximum Gasteiger partial charge on any atom is 0.251 e. The van der Waals surface area contributed by atoms with Gasteiger partial charge in [0.1, 0.15) is 16.8 Å². The summed E-state index contributed by atoms with van der Waals surface area (Å²) in [6.07, 6.45) is 1.58. The van der Waals surface area contributed by atoms with Crippen LogP contribution in [0, 0.1) is 0 Å². The monoisotopic (exact) mass is 256 g/mol. The SMILES string of the molecule is CC(NC(=O)c1ccc2n[nH]nc2c1)c1ccco1. The van der Waals surface area contributed by atoms with Crippen LogP contribution in [-0.4, -0.2) is 21.3 Å². The van der Waals surface area contributed by atoms with Gasteiger partial charge in [-0.2, -0.15) is 15.4 Å². The number of amides is 1. The number of rotatable bonds is 3. The first-order valence-electron chi connectivity index (χ1n) is 5.89. The molecule has 1 aromatic carbocycles. The van der Waals surface area contributed by atoms with Crippen LogP contribution in [0.2, 0.25) is 0 Å². The molecule has 0 spiro atoms. The van der Waals surface area contributed by atoms with Crippen LogP contribution < -0.4 is 5.32 Å². The van der Waals surface area contributed by atoms with Gasteiger partial charge in [0.2, 0.25) is 0 Å². The zero-order valence-electron chi connectivity index (χ0n) is 10.3. The van der Waals surface area contributed by atoms with Crippen molar-refractivity contribution in [2.45, 2.75) is 13.0 Å². The summed E-state index contributed by atoms with van der Waals surface area (Å²) in [6, 6.07) is 8.60. The van der Waals surface area contributed by atoms with Gasteiger partial charge in [-0.1, -0.05) is 0 Å². The van der Waals surface area contributed by atoms with E-state index in [1.54, 1.807) is 30.5 Å². The molecule has 0 radical (unpaired) electrons. The van der Waals surface area contributed by atoms with Crippen molar-refractivity contribution in [3.8, 4) is 0 Å². The molecule has 0 saturated carbocycles. The molecule has 3 rings (SSSR count). The Morgan fingerprint density at radius 2 is 2.16 bits per heavy atom. The third kappa shape index (κ3) is 2.20. The van der Waals surface area contributed by atoms with Crippen LogP contribution in [0.5, 0.6) is 0 Å². The topological polar surface area (TPSA) is 83.8 Å². The summed E-state index contributed by atoms with van der Waals surface area (Å²) in [5.74, 6) is 0.546. The minimum Gasteiger partial charge on any atom is -0.467 e. The standard InChI is InChI=1S/C13H12N4O2/c1-8(12-3-2-6-19-12)14-13(18)9-4-5-10-11(7-9)16-17-15-10/h2-8H,1H3,(H,14,18)(H,15,16,17). The molecular weight excluding hydrogens is 244 g/mol. The van der Waals surface area contributed by atoms with Gasteiger partial charge < -0.3 is 9.73 Å². The number of aromatic nitrogens is 3. The largest absolute Gasteiger partial charge is 0.467 e. The smallest absolute Gasteiger partial charge is 0.251 e. The molecule has 2 heterocycles. The number of H-pyrrole nitrogens is 1. The Bertz CT molecular complexity index is 702. The first-order chi connectivity index (χ1) is 9.24. The van der Waals surface area contributed by atoms with Crippen molar-refractivity contribution in [3.63, 3.8) is 0 Å². The maximum absolute atomic E-state index is 12.1. The van der Waals surface area contributed by atoms with E-state index in [0.717, 1.165) is 11.3 Å². The van der Waals surface area contributed by atoms with Crippen LogP contribution in [0.3, 0.4) is 0 Å². The minimum atomic E-state index is -0.185. The molecule has 0 aliphatic carbocycles. The van der Waals surface area contributed by atoms with E-state index in [2.05, 4.69) is 20.7 Å². The third-order valence-electron chi connectivity index (χ3n) is 2.90. The highest BCUT2D eigenvalue weighted by Crippen LogP contribution is 2.15. The summed E-state index contributed by atoms with van der Waals surface area (Å²) in [5.41, 5.74) is 1.94. The zero-order valence-corrected chi connectivity index (χ0v) is 10.3. The Hall–Kier alpha value is -2.63. The van der Waals surface area contributed by atoms with Crippen molar-refractivity contribution in [2.24, 2.45) is 0 Å². The normalized spacial score (nSPS) is 12.5. The minimum absolute atomic E-state index is 0.172. The highest BCUT2D eigenvalue weighted by atomic mass is 16.3. The number of aromatic amines is 1. The van der Waals surface area contributed by atoms with E-state index < -0.39 is 0 Å². The Morgan fingerprint density at radius 1 is 1.32 bits per heavy atom. The van der Waals surface area contributed by atoms with Crippen LogP contribution in [0.4, 0.5) is 0 Å². The molecule has 96 valence electrons. The highest BCUT2D eigenvalue weighted by molar-refractivity contribution is 5.97. The van der Waals surface area contributed by atoms with Crippen molar-refractivity contribution in [2.75, 3.05) is 0 Å². The Morgan fingerprint density at radius 3 is 2.95 bits per heavy atom. The predicted molar refractivity (Wildman–Crippen MR) is 68.5 cm³/mol. The quantitative estimate of drug-likeness (QED) is 0.751. The van der Waals surface area contributed by atoms with E-state index in [1.165, 1.54) is 0 Å². The number of hydrogen-bond donors (Lipinski definition) is 2. The third-order valence-corrected chi connectivity index (χ3v) is 2.90. The van der Waals surface area contributed by atoms with Crippen LogP contribution >= 0.6 is 0 Å². The first-order valence-corrected chi connectivity index (χ1v) is 5.89. The summed E-state index contributed by atoms with van der Waals surface area (Å²) in [6.45, 7) is 1.87. The number of benzene rings is 1. The fourth-order valence-electron chi connectivity index (χ4n) is 1.87. The average molecular weight is 256 g/mol. The molecule has 6 heteroatoms. The maximum atomic E-state index is 12.1. The lowest BCUT2D eigenvalue weighted by atomic mass is 10.1. The Kier molecular flexibility index (Phi) is 2.75. The van der Waals surface area contributed by atoms with Crippen molar-refractivity contribution in [3.05, 3.63) is 47.9 Å². The van der Waals surface area contributed by atoms with Gasteiger partial charge in [-0.05, 0) is 37.3 Å². The van der Waals surface area contributed by atoms with Gasteiger partial charge in [-0.3, -0.25) is 4.79 Å². The number of fused-ring (bicyclic) bond motifs is 1. The van der Waals surface area contributed by atoms with E-state index in [9.17, 15) is 4.79 Å². The summed E-state index contributed by atoms with van der Waals surface area (Å²) in [7, 11) is 0. The van der Waals surface area contributed by atoms with Crippen molar-refractivity contribution >= 4 is 16.9 Å². The van der Waals surface area contributed by atoms with E-state index in [0.29, 0.717) is 11.1 Å². The highest BCUT2D eigenvalue weighted by Gasteiger charge is 2.14. The second kappa shape index (κ2) is 4.56. The fraction of sp³-hybridized carbons (Fsp3) is 0.154. The van der Waals surface area contributed by atoms with Crippen molar-refractivity contribution in [1.82, 2.24) is 20.7 Å². The fourth-order valence-corrected chi connectivity index (χ4v) is 1.87. The van der Waals surface area contributed by atoms with E-state index >= 15 is 0 Å². The lowest BCUT2D eigenvalue weighted by molar-refractivity contribution is 0.0935. The van der Waals surface area contributed by atoms with E-state index in [4.69, 9.17) is 4.42 Å². The molecule has 0 aliphatic heterocycles.